The molecule has 0 radical (unpaired) electrons. The van der Waals surface area contributed by atoms with Crippen molar-refractivity contribution in [2.24, 2.45) is 0 Å². The first-order valence-electron chi connectivity index (χ1n) is 10.8. The van der Waals surface area contributed by atoms with Gasteiger partial charge in [0, 0.05) is 12.0 Å². The fraction of sp³-hybridized carbons (Fsp3) is 0.458. The molecule has 0 bridgehead atoms. The molecule has 0 aliphatic carbocycles. The Balaban J connectivity index is 0.00000256. The van der Waals surface area contributed by atoms with Crippen LogP contribution in [-0.2, 0) is 5.72 Å². The number of β-amino-alcohol motifs (C(OH)–C–C–N with tert-alkyl or cyclic N) is 1. The van der Waals surface area contributed by atoms with Crippen LogP contribution in [0.25, 0.3) is 0 Å². The zero-order valence-electron chi connectivity index (χ0n) is 17.8. The predicted octanol–water partition coefficient (Wildman–Crippen LogP) is 1.14. The van der Waals surface area contributed by atoms with Gasteiger partial charge in [0.15, 0.2) is 6.54 Å². The van der Waals surface area contributed by atoms with Gasteiger partial charge in [0.05, 0.1) is 19.8 Å². The highest BCUT2D eigenvalue weighted by atomic mass is 79.9. The van der Waals surface area contributed by atoms with E-state index in [0.29, 0.717) is 19.8 Å². The molecule has 6 heteroatoms. The van der Waals surface area contributed by atoms with Crippen LogP contribution in [0.4, 0.5) is 5.69 Å². The number of nitrogens with zero attached hydrogens (tertiary/aromatic N) is 2. The Hall–Kier alpha value is -2.05. The van der Waals surface area contributed by atoms with Crippen molar-refractivity contribution in [2.75, 3.05) is 31.2 Å². The van der Waals surface area contributed by atoms with Crippen molar-refractivity contribution in [3.8, 4) is 11.5 Å². The third kappa shape index (κ3) is 4.35. The molecule has 0 fully saturated rings. The van der Waals surface area contributed by atoms with Crippen LogP contribution >= 0.6 is 0 Å². The van der Waals surface area contributed by atoms with Crippen LogP contribution in [0.1, 0.15) is 45.1 Å². The smallest absolute Gasteiger partial charge is 0.271 e. The zero-order chi connectivity index (χ0) is 20.3. The Kier molecular flexibility index (Phi) is 7.42. The molecule has 0 spiro atoms. The lowest BCUT2D eigenvalue weighted by atomic mass is 10.0. The summed E-state index contributed by atoms with van der Waals surface area (Å²) in [4.78, 5) is 2.28. The average Bonchev–Trinajstić information content (AvgIpc) is 2.88. The van der Waals surface area contributed by atoms with Gasteiger partial charge >= 0.3 is 0 Å². The Morgan fingerprint density at radius 3 is 2.10 bits per heavy atom. The summed E-state index contributed by atoms with van der Waals surface area (Å²) in [5.74, 6) is 2.92. The molecular weight excluding hydrogens is 444 g/mol. The average molecular weight is 475 g/mol. The SMILES string of the molecule is CCOc1ccc(N2CC(O)(c3ccc(OCC)cc3)[N+]3=C2CCCCC3)cc1.[Br-]. The quantitative estimate of drug-likeness (QED) is 0.637. The second-order valence-electron chi connectivity index (χ2n) is 7.67. The number of ether oxygens (including phenoxy) is 2. The number of aliphatic hydroxyl groups is 1. The molecular formula is C24H31BrN2O3. The van der Waals surface area contributed by atoms with Crippen molar-refractivity contribution in [1.82, 2.24) is 0 Å². The topological polar surface area (TPSA) is 44.9 Å². The van der Waals surface area contributed by atoms with Gasteiger partial charge in [-0.25, -0.2) is 9.48 Å². The normalized spacial score (nSPS) is 21.0. The van der Waals surface area contributed by atoms with Crippen molar-refractivity contribution in [1.29, 1.82) is 0 Å². The van der Waals surface area contributed by atoms with Crippen LogP contribution in [0.3, 0.4) is 0 Å². The number of benzene rings is 2. The summed E-state index contributed by atoms with van der Waals surface area (Å²) in [5, 5.41) is 11.9. The molecule has 0 aromatic heterocycles. The lowest BCUT2D eigenvalue weighted by molar-refractivity contribution is -0.658. The van der Waals surface area contributed by atoms with Gasteiger partial charge in [0.2, 0.25) is 0 Å². The van der Waals surface area contributed by atoms with E-state index in [1.54, 1.807) is 0 Å². The summed E-state index contributed by atoms with van der Waals surface area (Å²) in [5.41, 5.74) is 0.967. The summed E-state index contributed by atoms with van der Waals surface area (Å²) in [6, 6.07) is 16.1. The number of amidine groups is 1. The van der Waals surface area contributed by atoms with Gasteiger partial charge in [-0.1, -0.05) is 0 Å². The molecule has 0 saturated heterocycles. The standard InChI is InChI=1S/C24H31N2O3.BrH/c1-3-28-21-13-9-19(10-14-21)24(27)18-25(23-8-6-5-7-17-26(23)24)20-11-15-22(16-12-20)29-4-2;/h9-16,27H,3-8,17-18H2,1-2H3;1H/q+1;/p-1. The van der Waals surface area contributed by atoms with E-state index in [1.165, 1.54) is 12.3 Å². The van der Waals surface area contributed by atoms with Gasteiger partial charge in [0.25, 0.3) is 11.6 Å². The first kappa shape index (κ1) is 22.6. The van der Waals surface area contributed by atoms with Gasteiger partial charge < -0.3 is 31.6 Å². The Labute approximate surface area is 189 Å². The van der Waals surface area contributed by atoms with Crippen LogP contribution in [0.2, 0.25) is 0 Å². The minimum atomic E-state index is -1.04. The van der Waals surface area contributed by atoms with E-state index in [0.717, 1.165) is 48.6 Å². The molecule has 2 aliphatic heterocycles. The lowest BCUT2D eigenvalue weighted by Gasteiger charge is -2.23. The molecule has 0 amide bonds. The fourth-order valence-corrected chi connectivity index (χ4v) is 4.43. The van der Waals surface area contributed by atoms with Gasteiger partial charge in [-0.3, -0.25) is 0 Å². The Bertz CT molecular complexity index is 867. The maximum Gasteiger partial charge on any atom is 0.271 e. The number of hydrogen-bond donors (Lipinski definition) is 1. The summed E-state index contributed by atoms with van der Waals surface area (Å²) < 4.78 is 13.4. The lowest BCUT2D eigenvalue weighted by Crippen LogP contribution is -3.00. The van der Waals surface area contributed by atoms with Crippen molar-refractivity contribution in [3.05, 3.63) is 54.1 Å². The Morgan fingerprint density at radius 1 is 0.900 bits per heavy atom. The predicted molar refractivity (Wildman–Crippen MR) is 115 cm³/mol. The summed E-state index contributed by atoms with van der Waals surface area (Å²) >= 11 is 0. The van der Waals surface area contributed by atoms with Gasteiger partial charge in [0.1, 0.15) is 17.2 Å². The van der Waals surface area contributed by atoms with E-state index in [9.17, 15) is 5.11 Å². The van der Waals surface area contributed by atoms with Crippen molar-refractivity contribution in [2.45, 2.75) is 45.3 Å². The van der Waals surface area contributed by atoms with Crippen molar-refractivity contribution < 1.29 is 36.1 Å². The molecule has 30 heavy (non-hydrogen) atoms. The van der Waals surface area contributed by atoms with E-state index in [-0.39, 0.29) is 17.0 Å². The summed E-state index contributed by atoms with van der Waals surface area (Å²) in [6.07, 6.45) is 4.42. The highest BCUT2D eigenvalue weighted by molar-refractivity contribution is 5.96. The van der Waals surface area contributed by atoms with E-state index in [4.69, 9.17) is 9.47 Å². The number of anilines is 1. The van der Waals surface area contributed by atoms with E-state index in [1.807, 2.05) is 50.2 Å². The number of hydrogen-bond acceptors (Lipinski definition) is 4. The van der Waals surface area contributed by atoms with Crippen LogP contribution in [0, 0.1) is 0 Å². The van der Waals surface area contributed by atoms with Gasteiger partial charge in [-0.15, -0.1) is 0 Å². The number of halogens is 1. The van der Waals surface area contributed by atoms with Crippen molar-refractivity contribution >= 4 is 11.5 Å². The molecule has 5 nitrogen and oxygen atoms in total. The molecule has 1 N–H and O–H groups in total. The number of rotatable bonds is 6. The van der Waals surface area contributed by atoms with Gasteiger partial charge in [-0.2, -0.15) is 0 Å². The summed E-state index contributed by atoms with van der Waals surface area (Å²) in [7, 11) is 0. The second-order valence-corrected chi connectivity index (χ2v) is 7.67. The highest BCUT2D eigenvalue weighted by Gasteiger charge is 2.51. The second kappa shape index (κ2) is 9.84. The molecule has 4 rings (SSSR count). The largest absolute Gasteiger partial charge is 1.00 e. The maximum atomic E-state index is 11.9. The molecule has 1 unspecified atom stereocenters. The minimum Gasteiger partial charge on any atom is -1.00 e. The first-order chi connectivity index (χ1) is 14.2. The van der Waals surface area contributed by atoms with Gasteiger partial charge in [-0.05, 0) is 81.6 Å². The third-order valence-corrected chi connectivity index (χ3v) is 5.82. The molecule has 0 saturated carbocycles. The maximum absolute atomic E-state index is 11.9. The van der Waals surface area contributed by atoms with Crippen molar-refractivity contribution in [3.63, 3.8) is 0 Å². The van der Waals surface area contributed by atoms with Crippen LogP contribution in [0.5, 0.6) is 11.5 Å². The third-order valence-electron chi connectivity index (χ3n) is 5.82. The van der Waals surface area contributed by atoms with Crippen LogP contribution < -0.4 is 31.4 Å². The van der Waals surface area contributed by atoms with Crippen LogP contribution in [0.15, 0.2) is 48.5 Å². The fourth-order valence-electron chi connectivity index (χ4n) is 4.43. The van der Waals surface area contributed by atoms with E-state index in [2.05, 4.69) is 21.6 Å². The molecule has 2 aromatic carbocycles. The molecule has 2 heterocycles. The highest BCUT2D eigenvalue weighted by Crippen LogP contribution is 2.36. The zero-order valence-corrected chi connectivity index (χ0v) is 19.4. The molecule has 1 atom stereocenters. The minimum absolute atomic E-state index is 0. The molecule has 2 aromatic rings. The van der Waals surface area contributed by atoms with E-state index >= 15 is 0 Å². The molecule has 162 valence electrons. The van der Waals surface area contributed by atoms with E-state index < -0.39 is 5.72 Å². The Morgan fingerprint density at radius 2 is 1.50 bits per heavy atom. The molecule has 2 aliphatic rings. The van der Waals surface area contributed by atoms with Crippen LogP contribution in [-0.4, -0.2) is 41.8 Å². The summed E-state index contributed by atoms with van der Waals surface area (Å²) in [6.45, 7) is 6.65. The first-order valence-corrected chi connectivity index (χ1v) is 10.8. The monoisotopic (exact) mass is 474 g/mol.